The molecule has 0 amide bonds. The van der Waals surface area contributed by atoms with Crippen LogP contribution in [0.3, 0.4) is 0 Å². The molecular formula is C15H17BrN2O2. The number of aryl methyl sites for hydroxylation is 2. The van der Waals surface area contributed by atoms with Gasteiger partial charge < -0.3 is 4.74 Å². The summed E-state index contributed by atoms with van der Waals surface area (Å²) in [6, 6.07) is 5.48. The van der Waals surface area contributed by atoms with Crippen molar-refractivity contribution in [1.82, 2.24) is 9.78 Å². The van der Waals surface area contributed by atoms with Gasteiger partial charge in [0.05, 0.1) is 17.8 Å². The lowest BCUT2D eigenvalue weighted by Gasteiger charge is -2.09. The summed E-state index contributed by atoms with van der Waals surface area (Å²) in [6.45, 7) is 4.72. The fourth-order valence-electron chi connectivity index (χ4n) is 2.07. The monoisotopic (exact) mass is 336 g/mol. The number of halogens is 1. The van der Waals surface area contributed by atoms with Gasteiger partial charge in [-0.3, -0.25) is 9.48 Å². The SMILES string of the molecule is CCCn1ncc(Br)c1C(=O)c1ccc(C)c(OC)c1. The van der Waals surface area contributed by atoms with E-state index < -0.39 is 0 Å². The predicted octanol–water partition coefficient (Wildman–Crippen LogP) is 3.60. The molecule has 0 aliphatic heterocycles. The summed E-state index contributed by atoms with van der Waals surface area (Å²) in [6.07, 6.45) is 2.58. The Morgan fingerprint density at radius 2 is 2.20 bits per heavy atom. The van der Waals surface area contributed by atoms with E-state index in [1.165, 1.54) is 0 Å². The third-order valence-corrected chi connectivity index (χ3v) is 3.70. The highest BCUT2D eigenvalue weighted by atomic mass is 79.9. The molecule has 0 fully saturated rings. The molecule has 0 bridgehead atoms. The van der Waals surface area contributed by atoms with E-state index in [9.17, 15) is 4.79 Å². The minimum Gasteiger partial charge on any atom is -0.496 e. The zero-order valence-electron chi connectivity index (χ0n) is 11.8. The molecule has 2 aromatic rings. The number of carbonyl (C=O) groups excluding carboxylic acids is 1. The molecule has 1 aromatic heterocycles. The van der Waals surface area contributed by atoms with E-state index in [1.807, 2.05) is 19.1 Å². The van der Waals surface area contributed by atoms with Crippen LogP contribution in [0.15, 0.2) is 28.9 Å². The van der Waals surface area contributed by atoms with E-state index >= 15 is 0 Å². The molecule has 0 saturated heterocycles. The summed E-state index contributed by atoms with van der Waals surface area (Å²) < 4.78 is 7.73. The van der Waals surface area contributed by atoms with Crippen LogP contribution in [-0.4, -0.2) is 22.7 Å². The van der Waals surface area contributed by atoms with Crippen LogP contribution in [-0.2, 0) is 6.54 Å². The first-order valence-electron chi connectivity index (χ1n) is 6.49. The van der Waals surface area contributed by atoms with Crippen molar-refractivity contribution in [3.05, 3.63) is 45.7 Å². The number of carbonyl (C=O) groups is 1. The smallest absolute Gasteiger partial charge is 0.212 e. The van der Waals surface area contributed by atoms with Gasteiger partial charge in [-0.2, -0.15) is 5.10 Å². The number of nitrogens with zero attached hydrogens (tertiary/aromatic N) is 2. The maximum atomic E-state index is 12.7. The highest BCUT2D eigenvalue weighted by Crippen LogP contribution is 2.24. The van der Waals surface area contributed by atoms with Gasteiger partial charge in [0, 0.05) is 12.1 Å². The number of ether oxygens (including phenoxy) is 1. The minimum atomic E-state index is -0.0545. The fourth-order valence-corrected chi connectivity index (χ4v) is 2.54. The molecule has 2 rings (SSSR count). The van der Waals surface area contributed by atoms with Crippen LogP contribution in [0.2, 0.25) is 0 Å². The summed E-state index contributed by atoms with van der Waals surface area (Å²) in [7, 11) is 1.61. The Morgan fingerprint density at radius 1 is 1.45 bits per heavy atom. The zero-order valence-corrected chi connectivity index (χ0v) is 13.4. The Labute approximate surface area is 126 Å². The topological polar surface area (TPSA) is 44.1 Å². The predicted molar refractivity (Wildman–Crippen MR) is 81.4 cm³/mol. The summed E-state index contributed by atoms with van der Waals surface area (Å²) in [5.74, 6) is 0.662. The summed E-state index contributed by atoms with van der Waals surface area (Å²) in [5.41, 5.74) is 2.19. The van der Waals surface area contributed by atoms with Crippen molar-refractivity contribution in [2.75, 3.05) is 7.11 Å². The molecule has 0 aliphatic rings. The lowest BCUT2D eigenvalue weighted by molar-refractivity contribution is 0.102. The summed E-state index contributed by atoms with van der Waals surface area (Å²) >= 11 is 3.40. The van der Waals surface area contributed by atoms with Crippen LogP contribution in [0.5, 0.6) is 5.75 Å². The number of aromatic nitrogens is 2. The van der Waals surface area contributed by atoms with Crippen molar-refractivity contribution in [2.24, 2.45) is 0 Å². The lowest BCUT2D eigenvalue weighted by atomic mass is 10.1. The van der Waals surface area contributed by atoms with Gasteiger partial charge >= 0.3 is 0 Å². The maximum absolute atomic E-state index is 12.7. The average Bonchev–Trinajstić information content (AvgIpc) is 2.80. The number of hydrogen-bond donors (Lipinski definition) is 0. The van der Waals surface area contributed by atoms with Gasteiger partial charge in [-0.1, -0.05) is 19.1 Å². The third-order valence-electron chi connectivity index (χ3n) is 3.12. The van der Waals surface area contributed by atoms with Crippen molar-refractivity contribution in [3.63, 3.8) is 0 Å². The molecule has 5 heteroatoms. The van der Waals surface area contributed by atoms with Crippen molar-refractivity contribution in [2.45, 2.75) is 26.8 Å². The van der Waals surface area contributed by atoms with Crippen LogP contribution in [0.1, 0.15) is 35.0 Å². The van der Waals surface area contributed by atoms with Gasteiger partial charge in [-0.15, -0.1) is 0 Å². The maximum Gasteiger partial charge on any atom is 0.212 e. The lowest BCUT2D eigenvalue weighted by Crippen LogP contribution is -2.12. The van der Waals surface area contributed by atoms with E-state index in [1.54, 1.807) is 24.1 Å². The van der Waals surface area contributed by atoms with E-state index in [0.29, 0.717) is 17.0 Å². The molecule has 106 valence electrons. The summed E-state index contributed by atoms with van der Waals surface area (Å²) in [5, 5.41) is 4.23. The van der Waals surface area contributed by atoms with E-state index in [0.717, 1.165) is 23.0 Å². The molecule has 0 aliphatic carbocycles. The molecule has 1 aromatic carbocycles. The molecule has 1 heterocycles. The van der Waals surface area contributed by atoms with Crippen LogP contribution in [0.4, 0.5) is 0 Å². The molecule has 0 N–H and O–H groups in total. The molecule has 0 unspecified atom stereocenters. The van der Waals surface area contributed by atoms with Gasteiger partial charge in [0.2, 0.25) is 5.78 Å². The number of hydrogen-bond acceptors (Lipinski definition) is 3. The number of methoxy groups -OCH3 is 1. The van der Waals surface area contributed by atoms with Crippen LogP contribution in [0.25, 0.3) is 0 Å². The Kier molecular flexibility index (Phi) is 4.60. The Morgan fingerprint density at radius 3 is 2.85 bits per heavy atom. The highest BCUT2D eigenvalue weighted by molar-refractivity contribution is 9.10. The Hall–Kier alpha value is -1.62. The number of benzene rings is 1. The highest BCUT2D eigenvalue weighted by Gasteiger charge is 2.19. The molecule has 0 atom stereocenters. The molecule has 0 radical (unpaired) electrons. The van der Waals surface area contributed by atoms with E-state index in [-0.39, 0.29) is 5.78 Å². The van der Waals surface area contributed by atoms with Gasteiger partial charge in [-0.25, -0.2) is 0 Å². The first-order valence-corrected chi connectivity index (χ1v) is 7.28. The largest absolute Gasteiger partial charge is 0.496 e. The van der Waals surface area contributed by atoms with E-state index in [4.69, 9.17) is 4.74 Å². The second-order valence-electron chi connectivity index (χ2n) is 4.58. The molecule has 4 nitrogen and oxygen atoms in total. The first kappa shape index (κ1) is 14.8. The average molecular weight is 337 g/mol. The molecule has 0 saturated carbocycles. The number of ketones is 1. The standard InChI is InChI=1S/C15H17BrN2O2/c1-4-7-18-14(12(16)9-17-18)15(19)11-6-5-10(2)13(8-11)20-3/h5-6,8-9H,4,7H2,1-3H3. The Bertz CT molecular complexity index is 635. The van der Waals surface area contributed by atoms with Crippen molar-refractivity contribution < 1.29 is 9.53 Å². The number of rotatable bonds is 5. The summed E-state index contributed by atoms with van der Waals surface area (Å²) in [4.78, 5) is 12.7. The second-order valence-corrected chi connectivity index (χ2v) is 5.43. The third kappa shape index (κ3) is 2.77. The van der Waals surface area contributed by atoms with Crippen molar-refractivity contribution in [1.29, 1.82) is 0 Å². The quantitative estimate of drug-likeness (QED) is 0.783. The minimum absolute atomic E-state index is 0.0545. The van der Waals surface area contributed by atoms with Gasteiger partial charge in [0.15, 0.2) is 0 Å². The van der Waals surface area contributed by atoms with Crippen LogP contribution >= 0.6 is 15.9 Å². The van der Waals surface area contributed by atoms with E-state index in [2.05, 4.69) is 28.0 Å². The van der Waals surface area contributed by atoms with Gasteiger partial charge in [-0.05, 0) is 40.9 Å². The van der Waals surface area contributed by atoms with Crippen LogP contribution < -0.4 is 4.74 Å². The second kappa shape index (κ2) is 6.22. The van der Waals surface area contributed by atoms with Gasteiger partial charge in [0.25, 0.3) is 0 Å². The van der Waals surface area contributed by atoms with Crippen molar-refractivity contribution >= 4 is 21.7 Å². The molecule has 20 heavy (non-hydrogen) atoms. The fraction of sp³-hybridized carbons (Fsp3) is 0.333. The van der Waals surface area contributed by atoms with Gasteiger partial charge in [0.1, 0.15) is 11.4 Å². The normalized spacial score (nSPS) is 10.6. The van der Waals surface area contributed by atoms with Crippen molar-refractivity contribution in [3.8, 4) is 5.75 Å². The van der Waals surface area contributed by atoms with Crippen LogP contribution in [0, 0.1) is 6.92 Å². The Balaban J connectivity index is 2.43. The molecule has 0 spiro atoms. The first-order chi connectivity index (χ1) is 9.58. The zero-order chi connectivity index (χ0) is 14.7. The molecular weight excluding hydrogens is 320 g/mol.